The molecule has 0 spiro atoms. The molecule has 1 aliphatic rings. The number of ether oxygens (including phenoxy) is 1. The molecule has 1 aromatic carbocycles. The summed E-state index contributed by atoms with van der Waals surface area (Å²) in [5.74, 6) is 0.317. The van der Waals surface area contributed by atoms with Gasteiger partial charge < -0.3 is 15.2 Å². The van der Waals surface area contributed by atoms with Gasteiger partial charge in [0.1, 0.15) is 5.75 Å². The van der Waals surface area contributed by atoms with Crippen LogP contribution in [-0.4, -0.2) is 30.3 Å². The summed E-state index contributed by atoms with van der Waals surface area (Å²) in [5.41, 5.74) is 0.734. The molecule has 1 fully saturated rings. The van der Waals surface area contributed by atoms with Crippen molar-refractivity contribution in [2.75, 3.05) is 6.54 Å². The van der Waals surface area contributed by atoms with Crippen molar-refractivity contribution in [3.63, 3.8) is 0 Å². The lowest BCUT2D eigenvalue weighted by atomic mass is 9.82. The Morgan fingerprint density at radius 2 is 2.00 bits per heavy atom. The summed E-state index contributed by atoms with van der Waals surface area (Å²) in [6, 6.07) is 6.00. The van der Waals surface area contributed by atoms with E-state index in [0.29, 0.717) is 12.5 Å². The van der Waals surface area contributed by atoms with Crippen LogP contribution in [0.25, 0.3) is 0 Å². The second-order valence-corrected chi connectivity index (χ2v) is 4.99. The second kappa shape index (κ2) is 6.65. The quantitative estimate of drug-likeness (QED) is 0.836. The maximum absolute atomic E-state index is 12.0. The van der Waals surface area contributed by atoms with E-state index >= 15 is 0 Å². The number of nitrogens with one attached hydrogen (secondary N) is 1. The van der Waals surface area contributed by atoms with Gasteiger partial charge in [0.25, 0.3) is 0 Å². The van der Waals surface area contributed by atoms with Gasteiger partial charge in [0.15, 0.2) is 0 Å². The van der Waals surface area contributed by atoms with E-state index in [0.717, 1.165) is 18.4 Å². The molecule has 0 bridgehead atoms. The van der Waals surface area contributed by atoms with E-state index in [4.69, 9.17) is 5.11 Å². The minimum atomic E-state index is -2.85. The van der Waals surface area contributed by atoms with Gasteiger partial charge in [-0.2, -0.15) is 8.78 Å². The van der Waals surface area contributed by atoms with Gasteiger partial charge in [-0.3, -0.25) is 4.79 Å². The number of halogens is 2. The molecular weight excluding hydrogens is 268 g/mol. The van der Waals surface area contributed by atoms with Crippen molar-refractivity contribution in [1.29, 1.82) is 0 Å². The number of carbonyl (C=O) groups excluding carboxylic acids is 1. The Hall–Kier alpha value is -1.69. The molecule has 0 unspecified atom stereocenters. The maximum atomic E-state index is 12.0. The van der Waals surface area contributed by atoms with Crippen LogP contribution in [0.2, 0.25) is 0 Å². The topological polar surface area (TPSA) is 58.6 Å². The molecule has 4 nitrogen and oxygen atoms in total. The summed E-state index contributed by atoms with van der Waals surface area (Å²) in [6.07, 6.45) is 1.45. The molecule has 6 heteroatoms. The van der Waals surface area contributed by atoms with E-state index < -0.39 is 6.61 Å². The largest absolute Gasteiger partial charge is 0.435 e. The molecule has 0 aliphatic heterocycles. The molecule has 0 radical (unpaired) electrons. The number of aliphatic hydroxyl groups excluding tert-OH is 1. The van der Waals surface area contributed by atoms with E-state index in [-0.39, 0.29) is 24.2 Å². The van der Waals surface area contributed by atoms with E-state index in [1.165, 1.54) is 12.1 Å². The number of rotatable bonds is 6. The molecule has 0 saturated heterocycles. The maximum Gasteiger partial charge on any atom is 0.387 e. The lowest BCUT2D eigenvalue weighted by Crippen LogP contribution is -2.38. The van der Waals surface area contributed by atoms with Gasteiger partial charge >= 0.3 is 6.61 Å². The molecule has 1 aromatic rings. The summed E-state index contributed by atoms with van der Waals surface area (Å²) in [4.78, 5) is 11.7. The first-order valence-electron chi connectivity index (χ1n) is 6.51. The van der Waals surface area contributed by atoms with Crippen molar-refractivity contribution in [1.82, 2.24) is 5.32 Å². The smallest absolute Gasteiger partial charge is 0.387 e. The van der Waals surface area contributed by atoms with E-state index in [2.05, 4.69) is 10.1 Å². The SMILES string of the molecule is O=C(Cc1ccc(OC(F)F)cc1)NCC1CC(O)C1. The van der Waals surface area contributed by atoms with Crippen LogP contribution in [0.1, 0.15) is 18.4 Å². The first-order chi connectivity index (χ1) is 9.52. The predicted molar refractivity (Wildman–Crippen MR) is 68.5 cm³/mol. The average Bonchev–Trinajstić information content (AvgIpc) is 2.35. The van der Waals surface area contributed by atoms with Crippen LogP contribution in [0.15, 0.2) is 24.3 Å². The van der Waals surface area contributed by atoms with Crippen molar-refractivity contribution < 1.29 is 23.4 Å². The molecule has 110 valence electrons. The number of alkyl halides is 2. The zero-order valence-electron chi connectivity index (χ0n) is 10.9. The minimum Gasteiger partial charge on any atom is -0.435 e. The van der Waals surface area contributed by atoms with E-state index in [1.807, 2.05) is 0 Å². The molecule has 0 aromatic heterocycles. The summed E-state index contributed by atoms with van der Waals surface area (Å²) >= 11 is 0. The highest BCUT2D eigenvalue weighted by molar-refractivity contribution is 5.78. The van der Waals surface area contributed by atoms with Crippen molar-refractivity contribution >= 4 is 5.91 Å². The third-order valence-electron chi connectivity index (χ3n) is 3.31. The number of carbonyl (C=O) groups is 1. The second-order valence-electron chi connectivity index (χ2n) is 4.99. The lowest BCUT2D eigenvalue weighted by Gasteiger charge is -2.31. The fraction of sp³-hybridized carbons (Fsp3) is 0.500. The number of hydrogen-bond acceptors (Lipinski definition) is 3. The van der Waals surface area contributed by atoms with Crippen LogP contribution in [-0.2, 0) is 11.2 Å². The molecule has 2 N–H and O–H groups in total. The summed E-state index contributed by atoms with van der Waals surface area (Å²) in [5, 5.41) is 11.9. The number of amides is 1. The molecule has 1 aliphatic carbocycles. The number of hydrogen-bond donors (Lipinski definition) is 2. The number of benzene rings is 1. The van der Waals surface area contributed by atoms with Crippen LogP contribution < -0.4 is 10.1 Å². The van der Waals surface area contributed by atoms with Crippen molar-refractivity contribution in [2.45, 2.75) is 32.0 Å². The van der Waals surface area contributed by atoms with Gasteiger partial charge in [0.05, 0.1) is 12.5 Å². The third-order valence-corrected chi connectivity index (χ3v) is 3.31. The Labute approximate surface area is 115 Å². The van der Waals surface area contributed by atoms with Crippen molar-refractivity contribution in [2.24, 2.45) is 5.92 Å². The van der Waals surface area contributed by atoms with Crippen LogP contribution in [0.3, 0.4) is 0 Å². The van der Waals surface area contributed by atoms with Gasteiger partial charge in [-0.05, 0) is 36.5 Å². The molecule has 0 atom stereocenters. The molecule has 2 rings (SSSR count). The highest BCUT2D eigenvalue weighted by Crippen LogP contribution is 2.26. The van der Waals surface area contributed by atoms with Gasteiger partial charge in [-0.25, -0.2) is 0 Å². The lowest BCUT2D eigenvalue weighted by molar-refractivity contribution is -0.121. The van der Waals surface area contributed by atoms with Crippen molar-refractivity contribution in [3.05, 3.63) is 29.8 Å². The first-order valence-corrected chi connectivity index (χ1v) is 6.51. The van der Waals surface area contributed by atoms with Gasteiger partial charge in [0.2, 0.25) is 5.91 Å². The highest BCUT2D eigenvalue weighted by Gasteiger charge is 2.27. The normalized spacial score (nSPS) is 21.4. The Morgan fingerprint density at radius 1 is 1.35 bits per heavy atom. The Bertz CT molecular complexity index is 444. The molecule has 1 amide bonds. The zero-order chi connectivity index (χ0) is 14.5. The van der Waals surface area contributed by atoms with Crippen LogP contribution in [0.5, 0.6) is 5.75 Å². The van der Waals surface area contributed by atoms with Gasteiger partial charge in [-0.15, -0.1) is 0 Å². The number of aliphatic hydroxyl groups is 1. The van der Waals surface area contributed by atoms with E-state index in [1.54, 1.807) is 12.1 Å². The van der Waals surface area contributed by atoms with Crippen molar-refractivity contribution in [3.8, 4) is 5.75 Å². The third kappa shape index (κ3) is 4.45. The average molecular weight is 285 g/mol. The zero-order valence-corrected chi connectivity index (χ0v) is 10.9. The summed E-state index contributed by atoms with van der Waals surface area (Å²) in [7, 11) is 0. The Balaban J connectivity index is 1.73. The highest BCUT2D eigenvalue weighted by atomic mass is 19.3. The fourth-order valence-electron chi connectivity index (χ4n) is 2.16. The van der Waals surface area contributed by atoms with Gasteiger partial charge in [-0.1, -0.05) is 12.1 Å². The van der Waals surface area contributed by atoms with E-state index in [9.17, 15) is 13.6 Å². The van der Waals surface area contributed by atoms with Crippen LogP contribution in [0.4, 0.5) is 8.78 Å². The Morgan fingerprint density at radius 3 is 2.55 bits per heavy atom. The summed E-state index contributed by atoms with van der Waals surface area (Å²) in [6.45, 7) is -2.27. The molecule has 0 heterocycles. The summed E-state index contributed by atoms with van der Waals surface area (Å²) < 4.78 is 28.2. The minimum absolute atomic E-state index is 0.0765. The van der Waals surface area contributed by atoms with Crippen LogP contribution in [0, 0.1) is 5.92 Å². The molecular formula is C14H17F2NO3. The monoisotopic (exact) mass is 285 g/mol. The standard InChI is InChI=1S/C14H17F2NO3/c15-14(16)20-12-3-1-9(2-4-12)7-13(19)17-8-10-5-11(18)6-10/h1-4,10-11,14,18H,5-8H2,(H,17,19). The van der Waals surface area contributed by atoms with Gasteiger partial charge in [0, 0.05) is 6.54 Å². The Kier molecular flexibility index (Phi) is 4.89. The molecule has 1 saturated carbocycles. The molecule has 20 heavy (non-hydrogen) atoms. The van der Waals surface area contributed by atoms with Crippen LogP contribution >= 0.6 is 0 Å². The first kappa shape index (κ1) is 14.7. The predicted octanol–water partition coefficient (Wildman–Crippen LogP) is 1.72. The fourth-order valence-corrected chi connectivity index (χ4v) is 2.16.